The smallest absolute Gasteiger partial charge is 0.317 e. The van der Waals surface area contributed by atoms with Gasteiger partial charge >= 0.3 is 6.03 Å². The Balaban J connectivity index is 0.000000941. The van der Waals surface area contributed by atoms with E-state index < -0.39 is 0 Å². The number of piperidine rings is 1. The standard InChI is InChI=1S/C21H34N4O.CH2O2/c22-13-10-17-6-8-19(9-7-17)24-20-11-14-25(15-12-20)21(26)23-16-18-4-2-1-3-5-18;2-1-3/h6-9,18,20,24H,1-5,10-16,22H2,(H,23,26);1H,(H,2,3). The maximum Gasteiger partial charge on any atom is 0.317 e. The number of anilines is 1. The van der Waals surface area contributed by atoms with Gasteiger partial charge < -0.3 is 26.4 Å². The van der Waals surface area contributed by atoms with E-state index in [-0.39, 0.29) is 12.5 Å². The molecule has 1 saturated heterocycles. The molecule has 2 fully saturated rings. The highest BCUT2D eigenvalue weighted by atomic mass is 16.3. The Hall–Kier alpha value is -2.28. The second kappa shape index (κ2) is 13.0. The fraction of sp³-hybridized carbons (Fsp3) is 0.636. The number of likely N-dealkylation sites (tertiary alicyclic amines) is 1. The number of carbonyl (C=O) groups excluding carboxylic acids is 1. The number of carbonyl (C=O) groups is 2. The van der Waals surface area contributed by atoms with Crippen molar-refractivity contribution in [3.8, 4) is 0 Å². The Morgan fingerprint density at radius 3 is 2.31 bits per heavy atom. The molecule has 1 heterocycles. The van der Waals surface area contributed by atoms with Crippen LogP contribution in [0.3, 0.4) is 0 Å². The van der Waals surface area contributed by atoms with Crippen molar-refractivity contribution in [3.05, 3.63) is 29.8 Å². The zero-order chi connectivity index (χ0) is 20.9. The van der Waals surface area contributed by atoms with Gasteiger partial charge in [-0.1, -0.05) is 31.4 Å². The summed E-state index contributed by atoms with van der Waals surface area (Å²) >= 11 is 0. The molecule has 0 atom stereocenters. The number of urea groups is 1. The second-order valence-electron chi connectivity index (χ2n) is 7.94. The van der Waals surface area contributed by atoms with Crippen LogP contribution in [0.4, 0.5) is 10.5 Å². The molecule has 162 valence electrons. The molecule has 2 aliphatic rings. The van der Waals surface area contributed by atoms with E-state index in [1.807, 2.05) is 4.90 Å². The molecule has 29 heavy (non-hydrogen) atoms. The van der Waals surface area contributed by atoms with Crippen LogP contribution in [0.1, 0.15) is 50.5 Å². The van der Waals surface area contributed by atoms with Crippen LogP contribution in [0.15, 0.2) is 24.3 Å². The lowest BCUT2D eigenvalue weighted by atomic mass is 9.89. The SMILES string of the molecule is NCCc1ccc(NC2CCN(C(=O)NCC3CCCCC3)CC2)cc1.O=CO. The number of rotatable bonds is 6. The molecule has 1 aromatic rings. The quantitative estimate of drug-likeness (QED) is 0.545. The summed E-state index contributed by atoms with van der Waals surface area (Å²) in [6, 6.07) is 9.12. The molecular formula is C22H36N4O3. The minimum absolute atomic E-state index is 0.125. The van der Waals surface area contributed by atoms with E-state index in [1.54, 1.807) is 0 Å². The molecule has 0 radical (unpaired) electrons. The lowest BCUT2D eigenvalue weighted by Gasteiger charge is -2.33. The minimum atomic E-state index is -0.250. The lowest BCUT2D eigenvalue weighted by molar-refractivity contribution is -0.122. The van der Waals surface area contributed by atoms with Crippen LogP contribution in [-0.2, 0) is 11.2 Å². The zero-order valence-corrected chi connectivity index (χ0v) is 17.3. The molecule has 0 bridgehead atoms. The molecule has 7 heteroatoms. The van der Waals surface area contributed by atoms with Gasteiger partial charge in [0.05, 0.1) is 0 Å². The van der Waals surface area contributed by atoms with Crippen LogP contribution in [-0.4, -0.2) is 54.7 Å². The van der Waals surface area contributed by atoms with Gasteiger partial charge in [0.15, 0.2) is 0 Å². The van der Waals surface area contributed by atoms with Crippen LogP contribution in [0, 0.1) is 5.92 Å². The van der Waals surface area contributed by atoms with E-state index >= 15 is 0 Å². The molecule has 1 aliphatic carbocycles. The maximum atomic E-state index is 12.4. The third-order valence-electron chi connectivity index (χ3n) is 5.81. The van der Waals surface area contributed by atoms with Crippen LogP contribution in [0.5, 0.6) is 0 Å². The van der Waals surface area contributed by atoms with Gasteiger partial charge in [-0.3, -0.25) is 4.79 Å². The summed E-state index contributed by atoms with van der Waals surface area (Å²) < 4.78 is 0. The summed E-state index contributed by atoms with van der Waals surface area (Å²) in [6.07, 6.45) is 9.49. The summed E-state index contributed by atoms with van der Waals surface area (Å²) in [5.74, 6) is 0.689. The molecule has 0 spiro atoms. The topological polar surface area (TPSA) is 108 Å². The molecule has 2 amide bonds. The first-order valence-corrected chi connectivity index (χ1v) is 10.8. The number of hydrogen-bond acceptors (Lipinski definition) is 4. The minimum Gasteiger partial charge on any atom is -0.483 e. The summed E-state index contributed by atoms with van der Waals surface area (Å²) in [4.78, 5) is 22.7. The van der Waals surface area contributed by atoms with E-state index in [0.717, 1.165) is 44.6 Å². The Kier molecular flexibility index (Phi) is 10.3. The second-order valence-corrected chi connectivity index (χ2v) is 7.94. The average molecular weight is 405 g/mol. The summed E-state index contributed by atoms with van der Waals surface area (Å²) in [7, 11) is 0. The molecule has 1 aromatic carbocycles. The molecule has 0 unspecified atom stereocenters. The van der Waals surface area contributed by atoms with Crippen molar-refractivity contribution in [1.29, 1.82) is 0 Å². The normalized spacial score (nSPS) is 17.8. The molecule has 0 aromatic heterocycles. The van der Waals surface area contributed by atoms with Gasteiger partial charge in [-0.2, -0.15) is 0 Å². The third-order valence-corrected chi connectivity index (χ3v) is 5.81. The predicted molar refractivity (Wildman–Crippen MR) is 116 cm³/mol. The number of nitrogens with two attached hydrogens (primary N) is 1. The van der Waals surface area contributed by atoms with Crippen molar-refractivity contribution in [2.45, 2.75) is 57.4 Å². The Morgan fingerprint density at radius 2 is 1.72 bits per heavy atom. The van der Waals surface area contributed by atoms with Gasteiger partial charge in [-0.15, -0.1) is 0 Å². The number of nitrogens with one attached hydrogen (secondary N) is 2. The lowest BCUT2D eigenvalue weighted by Crippen LogP contribution is -2.47. The van der Waals surface area contributed by atoms with Gasteiger partial charge in [0.1, 0.15) is 0 Å². The van der Waals surface area contributed by atoms with Gasteiger partial charge in [0.25, 0.3) is 6.47 Å². The molecule has 3 rings (SSSR count). The van der Waals surface area contributed by atoms with Crippen LogP contribution in [0.25, 0.3) is 0 Å². The average Bonchev–Trinajstić information content (AvgIpc) is 2.75. The summed E-state index contributed by atoms with van der Waals surface area (Å²) in [5, 5.41) is 13.7. The fourth-order valence-electron chi connectivity index (χ4n) is 4.13. The van der Waals surface area contributed by atoms with E-state index in [9.17, 15) is 4.79 Å². The van der Waals surface area contributed by atoms with E-state index in [4.69, 9.17) is 15.6 Å². The molecule has 1 saturated carbocycles. The van der Waals surface area contributed by atoms with Crippen LogP contribution in [0.2, 0.25) is 0 Å². The molecular weight excluding hydrogens is 368 g/mol. The number of nitrogens with zero attached hydrogens (tertiary/aromatic N) is 1. The number of amides is 2. The van der Waals surface area contributed by atoms with Crippen LogP contribution < -0.4 is 16.4 Å². The Bertz CT molecular complexity index is 595. The van der Waals surface area contributed by atoms with Gasteiger partial charge in [-0.25, -0.2) is 4.79 Å². The highest BCUT2D eigenvalue weighted by Crippen LogP contribution is 2.23. The maximum absolute atomic E-state index is 12.4. The zero-order valence-electron chi connectivity index (χ0n) is 17.3. The monoisotopic (exact) mass is 404 g/mol. The van der Waals surface area contributed by atoms with E-state index in [2.05, 4.69) is 34.9 Å². The number of carboxylic acid groups (broad SMARTS) is 1. The first-order chi connectivity index (χ1) is 14.2. The predicted octanol–water partition coefficient (Wildman–Crippen LogP) is 3.05. The first kappa shape index (κ1) is 23.0. The van der Waals surface area contributed by atoms with Gasteiger partial charge in [-0.05, 0) is 62.3 Å². The Morgan fingerprint density at radius 1 is 1.10 bits per heavy atom. The highest BCUT2D eigenvalue weighted by Gasteiger charge is 2.23. The Labute approximate surface area is 174 Å². The fourth-order valence-corrected chi connectivity index (χ4v) is 4.13. The molecule has 5 N–H and O–H groups in total. The van der Waals surface area contributed by atoms with E-state index in [1.165, 1.54) is 37.7 Å². The van der Waals surface area contributed by atoms with Crippen molar-refractivity contribution in [2.24, 2.45) is 11.7 Å². The van der Waals surface area contributed by atoms with Gasteiger partial charge in [0, 0.05) is 31.4 Å². The van der Waals surface area contributed by atoms with Crippen LogP contribution >= 0.6 is 0 Å². The highest BCUT2D eigenvalue weighted by molar-refractivity contribution is 5.74. The van der Waals surface area contributed by atoms with Crippen molar-refractivity contribution >= 4 is 18.2 Å². The van der Waals surface area contributed by atoms with Crippen molar-refractivity contribution in [2.75, 3.05) is 31.5 Å². The molecule has 7 nitrogen and oxygen atoms in total. The largest absolute Gasteiger partial charge is 0.483 e. The third kappa shape index (κ3) is 8.31. The number of benzene rings is 1. The number of hydrogen-bond donors (Lipinski definition) is 4. The molecule has 1 aliphatic heterocycles. The van der Waals surface area contributed by atoms with E-state index in [0.29, 0.717) is 18.5 Å². The van der Waals surface area contributed by atoms with Gasteiger partial charge in [0.2, 0.25) is 0 Å². The summed E-state index contributed by atoms with van der Waals surface area (Å²) in [5.41, 5.74) is 8.03. The summed E-state index contributed by atoms with van der Waals surface area (Å²) in [6.45, 7) is 2.96. The van der Waals surface area contributed by atoms with Crippen molar-refractivity contribution < 1.29 is 14.7 Å². The first-order valence-electron chi connectivity index (χ1n) is 10.8. The van der Waals surface area contributed by atoms with Crippen molar-refractivity contribution in [1.82, 2.24) is 10.2 Å². The van der Waals surface area contributed by atoms with Crippen molar-refractivity contribution in [3.63, 3.8) is 0 Å².